The van der Waals surface area contributed by atoms with Crippen LogP contribution < -0.4 is 0 Å². The summed E-state index contributed by atoms with van der Waals surface area (Å²) in [6.45, 7) is 7.68. The maximum absolute atomic E-state index is 12.4. The van der Waals surface area contributed by atoms with Crippen molar-refractivity contribution < 1.29 is 14.3 Å². The second-order valence-electron chi connectivity index (χ2n) is 5.24. The van der Waals surface area contributed by atoms with E-state index in [9.17, 15) is 9.59 Å². The Morgan fingerprint density at radius 1 is 1.44 bits per heavy atom. The van der Waals surface area contributed by atoms with Gasteiger partial charge in [0.1, 0.15) is 0 Å². The number of thioether (sulfide) groups is 1. The Bertz CT molecular complexity index is 833. The lowest BCUT2D eigenvalue weighted by atomic mass is 10.1. The molecular formula is C17H18ClN3O3S. The van der Waals surface area contributed by atoms with Crippen molar-refractivity contribution in [1.29, 1.82) is 0 Å². The molecule has 0 atom stereocenters. The molecule has 0 spiro atoms. The number of esters is 1. The molecule has 0 saturated carbocycles. The van der Waals surface area contributed by atoms with Gasteiger partial charge in [-0.05, 0) is 26.2 Å². The minimum absolute atomic E-state index is 0.0500. The van der Waals surface area contributed by atoms with E-state index in [0.717, 1.165) is 11.4 Å². The van der Waals surface area contributed by atoms with Crippen LogP contribution in [0.5, 0.6) is 0 Å². The van der Waals surface area contributed by atoms with E-state index in [1.807, 2.05) is 18.4 Å². The average molecular weight is 380 g/mol. The van der Waals surface area contributed by atoms with Crippen LogP contribution >= 0.6 is 23.4 Å². The minimum Gasteiger partial charge on any atom is -0.453 e. The second kappa shape index (κ2) is 8.31. The SMILES string of the molecule is C=CCn1c(C)cc(C(=O)COC(=O)c2nc(SC)ncc2Cl)c1C. The number of aryl methyl sites for hydroxylation is 1. The molecule has 0 fully saturated rings. The topological polar surface area (TPSA) is 74.1 Å². The van der Waals surface area contributed by atoms with Gasteiger partial charge >= 0.3 is 5.97 Å². The van der Waals surface area contributed by atoms with Gasteiger partial charge in [0.15, 0.2) is 17.5 Å². The van der Waals surface area contributed by atoms with Crippen LogP contribution in [0.25, 0.3) is 0 Å². The number of hydrogen-bond acceptors (Lipinski definition) is 6. The molecule has 2 aromatic rings. The summed E-state index contributed by atoms with van der Waals surface area (Å²) < 4.78 is 7.05. The lowest BCUT2D eigenvalue weighted by Crippen LogP contribution is -2.16. The van der Waals surface area contributed by atoms with Crippen LogP contribution in [0.1, 0.15) is 32.2 Å². The number of hydrogen-bond donors (Lipinski definition) is 0. The van der Waals surface area contributed by atoms with E-state index in [-0.39, 0.29) is 23.1 Å². The van der Waals surface area contributed by atoms with Gasteiger partial charge in [-0.3, -0.25) is 4.79 Å². The molecule has 8 heteroatoms. The zero-order chi connectivity index (χ0) is 18.6. The molecule has 0 aliphatic carbocycles. The maximum atomic E-state index is 12.4. The highest BCUT2D eigenvalue weighted by Crippen LogP contribution is 2.19. The van der Waals surface area contributed by atoms with Crippen LogP contribution in [0.4, 0.5) is 0 Å². The quantitative estimate of drug-likeness (QED) is 0.241. The van der Waals surface area contributed by atoms with Gasteiger partial charge in [0.25, 0.3) is 0 Å². The zero-order valence-electron chi connectivity index (χ0n) is 14.2. The highest BCUT2D eigenvalue weighted by molar-refractivity contribution is 7.98. The summed E-state index contributed by atoms with van der Waals surface area (Å²) in [5.74, 6) is -1.04. The molecule has 6 nitrogen and oxygen atoms in total. The molecule has 2 rings (SSSR count). The van der Waals surface area contributed by atoms with E-state index < -0.39 is 5.97 Å². The Balaban J connectivity index is 2.11. The number of Topliss-reactive ketones (excluding diaryl/α,β-unsaturated/α-hetero) is 1. The summed E-state index contributed by atoms with van der Waals surface area (Å²) in [6.07, 6.45) is 4.87. The third-order valence-electron chi connectivity index (χ3n) is 3.62. The zero-order valence-corrected chi connectivity index (χ0v) is 15.8. The molecule has 0 N–H and O–H groups in total. The first-order chi connectivity index (χ1) is 11.9. The first-order valence-corrected chi connectivity index (χ1v) is 9.03. The van der Waals surface area contributed by atoms with E-state index in [0.29, 0.717) is 17.3 Å². The smallest absolute Gasteiger partial charge is 0.359 e. The molecule has 2 heterocycles. The fourth-order valence-electron chi connectivity index (χ4n) is 2.36. The highest BCUT2D eigenvalue weighted by atomic mass is 35.5. The van der Waals surface area contributed by atoms with Gasteiger partial charge in [-0.2, -0.15) is 0 Å². The summed E-state index contributed by atoms with van der Waals surface area (Å²) in [5, 5.41) is 0.482. The Labute approximate surface area is 155 Å². The first-order valence-electron chi connectivity index (χ1n) is 7.43. The van der Waals surface area contributed by atoms with Gasteiger partial charge in [0.05, 0.1) is 11.2 Å². The second-order valence-corrected chi connectivity index (χ2v) is 6.42. The van der Waals surface area contributed by atoms with Gasteiger partial charge in [-0.1, -0.05) is 29.4 Å². The third kappa shape index (κ3) is 4.29. The van der Waals surface area contributed by atoms with Crippen LogP contribution in [0.3, 0.4) is 0 Å². The summed E-state index contributed by atoms with van der Waals surface area (Å²) in [4.78, 5) is 32.5. The van der Waals surface area contributed by atoms with Crippen LogP contribution in [0.15, 0.2) is 30.1 Å². The summed E-state index contributed by atoms with van der Waals surface area (Å²) >= 11 is 7.21. The van der Waals surface area contributed by atoms with E-state index >= 15 is 0 Å². The standard InChI is InChI=1S/C17H18ClN3O3S/c1-5-6-21-10(2)7-12(11(21)3)14(22)9-24-16(23)15-13(18)8-19-17(20-15)25-4/h5,7-8H,1,6,9H2,2-4H3. The number of halogens is 1. The van der Waals surface area contributed by atoms with Crippen LogP contribution in [-0.2, 0) is 11.3 Å². The summed E-state index contributed by atoms with van der Waals surface area (Å²) in [7, 11) is 0. The molecule has 25 heavy (non-hydrogen) atoms. The molecule has 0 aliphatic heterocycles. The van der Waals surface area contributed by atoms with E-state index in [1.165, 1.54) is 18.0 Å². The number of ketones is 1. The number of nitrogens with zero attached hydrogens (tertiary/aromatic N) is 3. The summed E-state index contributed by atoms with van der Waals surface area (Å²) in [5.41, 5.74) is 2.22. The first kappa shape index (κ1) is 19.2. The number of carbonyl (C=O) groups is 2. The third-order valence-corrected chi connectivity index (χ3v) is 4.46. The fraction of sp³-hybridized carbons (Fsp3) is 0.294. The van der Waals surface area contributed by atoms with Gasteiger partial charge in [-0.25, -0.2) is 14.8 Å². The van der Waals surface area contributed by atoms with Crippen LogP contribution in [0, 0.1) is 13.8 Å². The van der Waals surface area contributed by atoms with E-state index in [4.69, 9.17) is 16.3 Å². The molecule has 0 unspecified atom stereocenters. The number of aromatic nitrogens is 3. The summed E-state index contributed by atoms with van der Waals surface area (Å²) in [6, 6.07) is 1.78. The van der Waals surface area contributed by atoms with Crippen LogP contribution in [-0.4, -0.2) is 39.2 Å². The molecule has 0 aliphatic rings. The molecule has 0 bridgehead atoms. The molecule has 0 radical (unpaired) electrons. The lowest BCUT2D eigenvalue weighted by molar-refractivity contribution is 0.0468. The predicted octanol–water partition coefficient (Wildman–Crippen LogP) is 3.50. The van der Waals surface area contributed by atoms with Crippen LogP contribution in [0.2, 0.25) is 5.02 Å². The Hall–Kier alpha value is -2.12. The highest BCUT2D eigenvalue weighted by Gasteiger charge is 2.20. The molecule has 0 saturated heterocycles. The maximum Gasteiger partial charge on any atom is 0.359 e. The number of ether oxygens (including phenoxy) is 1. The Kier molecular flexibility index (Phi) is 6.39. The monoisotopic (exact) mass is 379 g/mol. The van der Waals surface area contributed by atoms with Crippen molar-refractivity contribution >= 4 is 35.1 Å². The normalized spacial score (nSPS) is 10.6. The van der Waals surface area contributed by atoms with Crippen molar-refractivity contribution in [2.45, 2.75) is 25.5 Å². The number of rotatable bonds is 7. The van der Waals surface area contributed by atoms with E-state index in [2.05, 4.69) is 16.5 Å². The number of carbonyl (C=O) groups excluding carboxylic acids is 2. The van der Waals surface area contributed by atoms with Gasteiger partial charge in [0, 0.05) is 23.5 Å². The Morgan fingerprint density at radius 2 is 2.16 bits per heavy atom. The molecular weight excluding hydrogens is 362 g/mol. The Morgan fingerprint density at radius 3 is 2.80 bits per heavy atom. The van der Waals surface area contributed by atoms with E-state index in [1.54, 1.807) is 18.4 Å². The van der Waals surface area contributed by atoms with Crippen molar-refractivity contribution in [2.24, 2.45) is 0 Å². The lowest BCUT2D eigenvalue weighted by Gasteiger charge is -2.07. The van der Waals surface area contributed by atoms with Crippen molar-refractivity contribution in [3.63, 3.8) is 0 Å². The predicted molar refractivity (Wildman–Crippen MR) is 97.5 cm³/mol. The van der Waals surface area contributed by atoms with Crippen molar-refractivity contribution in [3.05, 3.63) is 52.6 Å². The van der Waals surface area contributed by atoms with Gasteiger partial charge < -0.3 is 9.30 Å². The van der Waals surface area contributed by atoms with Crippen molar-refractivity contribution in [2.75, 3.05) is 12.9 Å². The largest absolute Gasteiger partial charge is 0.453 e. The molecule has 2 aromatic heterocycles. The molecule has 0 aromatic carbocycles. The molecule has 0 amide bonds. The average Bonchev–Trinajstić information content (AvgIpc) is 2.88. The number of allylic oxidation sites excluding steroid dienone is 1. The fourth-order valence-corrected chi connectivity index (χ4v) is 2.87. The van der Waals surface area contributed by atoms with Gasteiger partial charge in [0.2, 0.25) is 5.78 Å². The van der Waals surface area contributed by atoms with Crippen molar-refractivity contribution in [3.8, 4) is 0 Å². The van der Waals surface area contributed by atoms with Crippen molar-refractivity contribution in [1.82, 2.24) is 14.5 Å². The minimum atomic E-state index is -0.754. The molecule has 132 valence electrons. The van der Waals surface area contributed by atoms with Gasteiger partial charge in [-0.15, -0.1) is 6.58 Å².